The van der Waals surface area contributed by atoms with Gasteiger partial charge >= 0.3 is 0 Å². The molecule has 5 heteroatoms. The summed E-state index contributed by atoms with van der Waals surface area (Å²) in [5.41, 5.74) is 4.66. The summed E-state index contributed by atoms with van der Waals surface area (Å²) >= 11 is 0. The molecule has 1 aliphatic carbocycles. The fourth-order valence-corrected chi connectivity index (χ4v) is 4.35. The molecule has 3 aromatic rings. The van der Waals surface area contributed by atoms with E-state index in [-0.39, 0.29) is 29.5 Å². The minimum atomic E-state index is -0.273. The molecule has 4 rings (SSSR count). The number of ketones is 1. The first kappa shape index (κ1) is 21.9. The third kappa shape index (κ3) is 4.62. The number of Topliss-reactive ketones (excluding diaryl/α,β-unsaturated/α-hetero) is 1. The largest absolute Gasteiger partial charge is 0.294 e. The highest BCUT2D eigenvalue weighted by Crippen LogP contribution is 2.33. The lowest BCUT2D eigenvalue weighted by Crippen LogP contribution is -2.25. The van der Waals surface area contributed by atoms with Gasteiger partial charge in [-0.1, -0.05) is 75.4 Å². The highest BCUT2D eigenvalue weighted by atomic mass is 16.2. The van der Waals surface area contributed by atoms with Crippen molar-refractivity contribution in [3.05, 3.63) is 88.7 Å². The third-order valence-corrected chi connectivity index (χ3v) is 6.28. The zero-order valence-corrected chi connectivity index (χ0v) is 18.8. The quantitative estimate of drug-likeness (QED) is 0.552. The van der Waals surface area contributed by atoms with Crippen LogP contribution in [0, 0.1) is 0 Å². The predicted molar refractivity (Wildman–Crippen MR) is 126 cm³/mol. The lowest BCUT2D eigenvalue weighted by molar-refractivity contribution is -0.117. The van der Waals surface area contributed by atoms with Gasteiger partial charge in [-0.2, -0.15) is 0 Å². The Morgan fingerprint density at radius 3 is 2.41 bits per heavy atom. The van der Waals surface area contributed by atoms with Crippen LogP contribution in [0.15, 0.2) is 60.8 Å². The van der Waals surface area contributed by atoms with E-state index in [9.17, 15) is 9.59 Å². The summed E-state index contributed by atoms with van der Waals surface area (Å²) in [7, 11) is 0. The van der Waals surface area contributed by atoms with Gasteiger partial charge in [0.05, 0.1) is 17.2 Å². The van der Waals surface area contributed by atoms with Gasteiger partial charge in [-0.3, -0.25) is 14.9 Å². The van der Waals surface area contributed by atoms with Crippen molar-refractivity contribution in [2.45, 2.75) is 57.8 Å². The fraction of sp³-hybridized carbons (Fsp3) is 0.333. The Kier molecular flexibility index (Phi) is 6.45. The van der Waals surface area contributed by atoms with Crippen molar-refractivity contribution >= 4 is 17.6 Å². The maximum atomic E-state index is 12.9. The highest BCUT2D eigenvalue weighted by molar-refractivity contribution is 5.99. The summed E-state index contributed by atoms with van der Waals surface area (Å²) in [6.45, 7) is 6.32. The van der Waals surface area contributed by atoms with E-state index in [1.165, 1.54) is 5.56 Å². The van der Waals surface area contributed by atoms with Crippen LogP contribution in [0.5, 0.6) is 0 Å². The van der Waals surface area contributed by atoms with Crippen LogP contribution >= 0.6 is 0 Å². The highest BCUT2D eigenvalue weighted by Gasteiger charge is 2.29. The molecular formula is C27H29N3O2. The van der Waals surface area contributed by atoms with E-state index in [4.69, 9.17) is 0 Å². The molecule has 0 aliphatic heterocycles. The lowest BCUT2D eigenvalue weighted by atomic mass is 9.81. The fourth-order valence-electron chi connectivity index (χ4n) is 4.35. The van der Waals surface area contributed by atoms with Gasteiger partial charge in [0, 0.05) is 12.6 Å². The van der Waals surface area contributed by atoms with Crippen LogP contribution in [0.4, 0.5) is 5.95 Å². The van der Waals surface area contributed by atoms with E-state index >= 15 is 0 Å². The zero-order valence-electron chi connectivity index (χ0n) is 18.8. The molecule has 0 radical (unpaired) electrons. The van der Waals surface area contributed by atoms with Gasteiger partial charge in [0.1, 0.15) is 0 Å². The van der Waals surface area contributed by atoms with Gasteiger partial charge in [0.25, 0.3) is 0 Å². The Bertz CT molecular complexity index is 1110. The van der Waals surface area contributed by atoms with Crippen molar-refractivity contribution in [1.29, 1.82) is 0 Å². The summed E-state index contributed by atoms with van der Waals surface area (Å²) in [6.07, 6.45) is 3.34. The molecule has 1 heterocycles. The second-order valence-electron chi connectivity index (χ2n) is 8.76. The van der Waals surface area contributed by atoms with Crippen LogP contribution in [0.25, 0.3) is 0 Å². The number of nitrogens with one attached hydrogen (secondary N) is 1. The molecule has 1 N–H and O–H groups in total. The first-order valence-electron chi connectivity index (χ1n) is 11.3. The Labute approximate surface area is 189 Å². The number of nitrogens with zero attached hydrogens (tertiary/aromatic N) is 2. The molecule has 1 amide bonds. The van der Waals surface area contributed by atoms with Gasteiger partial charge in [0.2, 0.25) is 11.9 Å². The third-order valence-electron chi connectivity index (χ3n) is 6.28. The van der Waals surface area contributed by atoms with Crippen LogP contribution in [-0.2, 0) is 11.2 Å². The van der Waals surface area contributed by atoms with E-state index < -0.39 is 0 Å². The number of fused-ring (bicyclic) bond motifs is 1. The molecule has 2 aromatic carbocycles. The molecule has 0 saturated heterocycles. The molecule has 0 saturated carbocycles. The molecule has 2 atom stereocenters. The Morgan fingerprint density at radius 2 is 1.75 bits per heavy atom. The van der Waals surface area contributed by atoms with Crippen molar-refractivity contribution in [2.24, 2.45) is 0 Å². The molecule has 2 unspecified atom stereocenters. The first-order valence-corrected chi connectivity index (χ1v) is 11.3. The summed E-state index contributed by atoms with van der Waals surface area (Å²) in [5, 5.41) is 2.86. The number of amides is 1. The van der Waals surface area contributed by atoms with Crippen LogP contribution in [0.3, 0.4) is 0 Å². The normalized spacial score (nSPS) is 16.5. The van der Waals surface area contributed by atoms with Crippen LogP contribution in [0.1, 0.15) is 84.1 Å². The topological polar surface area (TPSA) is 72.0 Å². The van der Waals surface area contributed by atoms with Gasteiger partial charge in [-0.15, -0.1) is 0 Å². The van der Waals surface area contributed by atoms with E-state index in [1.807, 2.05) is 37.3 Å². The molecular weight excluding hydrogens is 398 g/mol. The average molecular weight is 428 g/mol. The number of aromatic nitrogens is 2. The summed E-state index contributed by atoms with van der Waals surface area (Å²) in [4.78, 5) is 34.5. The minimum absolute atomic E-state index is 0.0535. The van der Waals surface area contributed by atoms with E-state index in [2.05, 4.69) is 53.4 Å². The predicted octanol–water partition coefficient (Wildman–Crippen LogP) is 5.65. The van der Waals surface area contributed by atoms with Crippen molar-refractivity contribution in [1.82, 2.24) is 9.97 Å². The number of carbonyl (C=O) groups excluding carboxylic acids is 2. The van der Waals surface area contributed by atoms with Crippen molar-refractivity contribution in [2.75, 3.05) is 5.32 Å². The second-order valence-corrected chi connectivity index (χ2v) is 8.76. The number of carbonyl (C=O) groups is 2. The Morgan fingerprint density at radius 1 is 1.03 bits per heavy atom. The van der Waals surface area contributed by atoms with Crippen molar-refractivity contribution in [3.63, 3.8) is 0 Å². The van der Waals surface area contributed by atoms with Gasteiger partial charge in [0.15, 0.2) is 5.78 Å². The number of rotatable bonds is 6. The molecule has 1 aromatic heterocycles. The minimum Gasteiger partial charge on any atom is -0.294 e. The zero-order chi connectivity index (χ0) is 22.7. The van der Waals surface area contributed by atoms with Crippen molar-refractivity contribution in [3.8, 4) is 0 Å². The number of benzene rings is 2. The smallest absolute Gasteiger partial charge is 0.234 e. The second kappa shape index (κ2) is 9.43. The molecule has 0 spiro atoms. The van der Waals surface area contributed by atoms with E-state index in [0.717, 1.165) is 11.1 Å². The number of anilines is 1. The maximum absolute atomic E-state index is 12.9. The first-order chi connectivity index (χ1) is 15.5. The summed E-state index contributed by atoms with van der Waals surface area (Å²) < 4.78 is 0. The molecule has 0 fully saturated rings. The van der Waals surface area contributed by atoms with E-state index in [1.54, 1.807) is 6.20 Å². The van der Waals surface area contributed by atoms with Crippen LogP contribution < -0.4 is 5.32 Å². The SMILES string of the molecule is CCC(C(=O)Nc1ncc2c(n1)CC(c1ccc(C(C)C)cc1)CC2=O)c1ccccc1. The Balaban J connectivity index is 1.53. The average Bonchev–Trinajstić information content (AvgIpc) is 2.80. The van der Waals surface area contributed by atoms with Gasteiger partial charge < -0.3 is 0 Å². The van der Waals surface area contributed by atoms with Crippen LogP contribution in [0.2, 0.25) is 0 Å². The molecule has 32 heavy (non-hydrogen) atoms. The maximum Gasteiger partial charge on any atom is 0.234 e. The van der Waals surface area contributed by atoms with E-state index in [0.29, 0.717) is 36.4 Å². The van der Waals surface area contributed by atoms with Gasteiger partial charge in [-0.05, 0) is 41.4 Å². The number of hydrogen-bond donors (Lipinski definition) is 1. The summed E-state index contributed by atoms with van der Waals surface area (Å²) in [6, 6.07) is 18.2. The molecule has 1 aliphatic rings. The monoisotopic (exact) mass is 427 g/mol. The van der Waals surface area contributed by atoms with Gasteiger partial charge in [-0.25, -0.2) is 9.97 Å². The lowest BCUT2D eigenvalue weighted by Gasteiger charge is -2.24. The number of hydrogen-bond acceptors (Lipinski definition) is 4. The molecule has 164 valence electrons. The molecule has 0 bridgehead atoms. The Hall–Kier alpha value is -3.34. The van der Waals surface area contributed by atoms with Crippen LogP contribution in [-0.4, -0.2) is 21.7 Å². The van der Waals surface area contributed by atoms with Crippen molar-refractivity contribution < 1.29 is 9.59 Å². The molecule has 5 nitrogen and oxygen atoms in total. The standard InChI is InChI=1S/C27H29N3O2/c1-4-22(20-8-6-5-7-9-20)26(32)30-27-28-16-23-24(29-27)14-21(15-25(23)31)19-12-10-18(11-13-19)17(2)3/h5-13,16-17,21-22H,4,14-15H2,1-3H3,(H,28,29,30,32). The summed E-state index contributed by atoms with van der Waals surface area (Å²) in [5.74, 6) is 0.456.